The first-order valence-corrected chi connectivity index (χ1v) is 7.74. The van der Waals surface area contributed by atoms with Crippen LogP contribution >= 0.6 is 15.9 Å². The molecule has 108 valence electrons. The highest BCUT2D eigenvalue weighted by molar-refractivity contribution is 9.10. The minimum absolute atomic E-state index is 0.553. The molecule has 0 aliphatic rings. The highest BCUT2D eigenvalue weighted by Crippen LogP contribution is 2.28. The van der Waals surface area contributed by atoms with Gasteiger partial charge in [0, 0.05) is 18.3 Å². The predicted octanol–water partition coefficient (Wildman–Crippen LogP) is 4.52. The molecule has 20 heavy (non-hydrogen) atoms. The first kappa shape index (κ1) is 15.0. The van der Waals surface area contributed by atoms with Crippen molar-refractivity contribution in [2.75, 3.05) is 11.9 Å². The van der Waals surface area contributed by atoms with Crippen molar-refractivity contribution < 1.29 is 4.42 Å². The number of hydrogen-bond donors (Lipinski definition) is 1. The molecule has 2 aromatic heterocycles. The van der Waals surface area contributed by atoms with Gasteiger partial charge in [-0.3, -0.25) is 0 Å². The molecule has 0 amide bonds. The molecule has 0 saturated heterocycles. The third kappa shape index (κ3) is 3.82. The first-order chi connectivity index (χ1) is 9.60. The molecule has 0 bridgehead atoms. The molecule has 0 atom stereocenters. The molecule has 0 saturated carbocycles. The second-order valence-corrected chi connectivity index (χ2v) is 6.04. The van der Waals surface area contributed by atoms with Crippen LogP contribution in [0.25, 0.3) is 11.6 Å². The van der Waals surface area contributed by atoms with Gasteiger partial charge in [-0.15, -0.1) is 0 Å². The number of halogens is 1. The highest BCUT2D eigenvalue weighted by atomic mass is 79.9. The molecule has 0 spiro atoms. The van der Waals surface area contributed by atoms with Gasteiger partial charge in [-0.25, -0.2) is 9.97 Å². The van der Waals surface area contributed by atoms with Crippen LogP contribution in [-0.4, -0.2) is 16.5 Å². The normalized spacial score (nSPS) is 11.1. The van der Waals surface area contributed by atoms with Gasteiger partial charge in [-0.2, -0.15) is 0 Å². The van der Waals surface area contributed by atoms with Crippen LogP contribution in [0.2, 0.25) is 0 Å². The van der Waals surface area contributed by atoms with Crippen LogP contribution in [0.5, 0.6) is 0 Å². The van der Waals surface area contributed by atoms with E-state index in [1.165, 1.54) is 0 Å². The molecule has 4 nitrogen and oxygen atoms in total. The van der Waals surface area contributed by atoms with Gasteiger partial charge in [0.2, 0.25) is 0 Å². The Morgan fingerprint density at radius 1 is 1.35 bits per heavy atom. The van der Waals surface area contributed by atoms with E-state index < -0.39 is 0 Å². The van der Waals surface area contributed by atoms with Gasteiger partial charge in [-0.1, -0.05) is 20.8 Å². The quantitative estimate of drug-likeness (QED) is 0.841. The Kier molecular flexibility index (Phi) is 5.17. The number of anilines is 1. The number of rotatable bonds is 6. The number of nitrogens with one attached hydrogen (secondary N) is 1. The van der Waals surface area contributed by atoms with Crippen molar-refractivity contribution in [2.45, 2.75) is 33.6 Å². The summed E-state index contributed by atoms with van der Waals surface area (Å²) in [7, 11) is 0. The number of hydrogen-bond acceptors (Lipinski definition) is 4. The zero-order valence-corrected chi connectivity index (χ0v) is 13.7. The molecule has 5 heteroatoms. The standard InChI is InChI=1S/C15H20BrN3O/c1-4-6-17-13-9-11(8-10(2)3)18-15(19-13)14-12(16)5-7-20-14/h5,7,9-10H,4,6,8H2,1-3H3,(H,17,18,19). The topological polar surface area (TPSA) is 51.0 Å². The number of nitrogens with zero attached hydrogens (tertiary/aromatic N) is 2. The average Bonchev–Trinajstić information content (AvgIpc) is 2.81. The summed E-state index contributed by atoms with van der Waals surface area (Å²) in [6.07, 6.45) is 3.62. The van der Waals surface area contributed by atoms with E-state index in [1.807, 2.05) is 12.1 Å². The maximum absolute atomic E-state index is 5.47. The van der Waals surface area contributed by atoms with Crippen LogP contribution in [-0.2, 0) is 6.42 Å². The molecular weight excluding hydrogens is 318 g/mol. The smallest absolute Gasteiger partial charge is 0.199 e. The van der Waals surface area contributed by atoms with Crippen molar-refractivity contribution >= 4 is 21.7 Å². The van der Waals surface area contributed by atoms with Gasteiger partial charge in [-0.05, 0) is 40.8 Å². The van der Waals surface area contributed by atoms with Gasteiger partial charge in [0.25, 0.3) is 0 Å². The lowest BCUT2D eigenvalue weighted by molar-refractivity contribution is 0.574. The summed E-state index contributed by atoms with van der Waals surface area (Å²) in [5, 5.41) is 3.32. The summed E-state index contributed by atoms with van der Waals surface area (Å²) in [5.41, 5.74) is 1.03. The van der Waals surface area contributed by atoms with Crippen LogP contribution in [0.15, 0.2) is 27.3 Å². The largest absolute Gasteiger partial charge is 0.460 e. The van der Waals surface area contributed by atoms with Gasteiger partial charge in [0.15, 0.2) is 11.6 Å². The Hall–Kier alpha value is -1.36. The Bertz CT molecular complexity index is 566. The summed E-state index contributed by atoms with van der Waals surface area (Å²) in [6, 6.07) is 3.88. The van der Waals surface area contributed by atoms with E-state index in [0.717, 1.165) is 35.4 Å². The molecule has 0 aliphatic carbocycles. The first-order valence-electron chi connectivity index (χ1n) is 6.95. The van der Waals surface area contributed by atoms with Gasteiger partial charge in [0.1, 0.15) is 5.82 Å². The van der Waals surface area contributed by atoms with Crippen molar-refractivity contribution in [2.24, 2.45) is 5.92 Å². The van der Waals surface area contributed by atoms with E-state index in [1.54, 1.807) is 6.26 Å². The summed E-state index contributed by atoms with van der Waals surface area (Å²) in [6.45, 7) is 7.40. The monoisotopic (exact) mass is 337 g/mol. The van der Waals surface area contributed by atoms with Gasteiger partial charge in [0.05, 0.1) is 10.7 Å². The van der Waals surface area contributed by atoms with Crippen molar-refractivity contribution in [1.29, 1.82) is 0 Å². The Balaban J connectivity index is 2.37. The van der Waals surface area contributed by atoms with Crippen molar-refractivity contribution in [3.63, 3.8) is 0 Å². The fourth-order valence-corrected chi connectivity index (χ4v) is 2.30. The molecule has 1 N–H and O–H groups in total. The van der Waals surface area contributed by atoms with Crippen LogP contribution in [0.1, 0.15) is 32.9 Å². The number of aromatic nitrogens is 2. The molecule has 0 unspecified atom stereocenters. The lowest BCUT2D eigenvalue weighted by atomic mass is 10.1. The average molecular weight is 338 g/mol. The maximum Gasteiger partial charge on any atom is 0.199 e. The van der Waals surface area contributed by atoms with Crippen molar-refractivity contribution in [3.05, 3.63) is 28.6 Å². The van der Waals surface area contributed by atoms with Crippen LogP contribution in [0.3, 0.4) is 0 Å². The van der Waals surface area contributed by atoms with Gasteiger partial charge >= 0.3 is 0 Å². The summed E-state index contributed by atoms with van der Waals surface area (Å²) in [4.78, 5) is 9.15. The van der Waals surface area contributed by atoms with E-state index >= 15 is 0 Å². The molecule has 2 heterocycles. The highest BCUT2D eigenvalue weighted by Gasteiger charge is 2.13. The van der Waals surface area contributed by atoms with E-state index in [4.69, 9.17) is 4.42 Å². The second-order valence-electron chi connectivity index (χ2n) is 5.19. The van der Waals surface area contributed by atoms with E-state index in [9.17, 15) is 0 Å². The van der Waals surface area contributed by atoms with Crippen LogP contribution in [0, 0.1) is 5.92 Å². The maximum atomic E-state index is 5.47. The third-order valence-corrected chi connectivity index (χ3v) is 3.40. The summed E-state index contributed by atoms with van der Waals surface area (Å²) >= 11 is 3.46. The van der Waals surface area contributed by atoms with Crippen LogP contribution < -0.4 is 5.32 Å². The Labute approximate surface area is 128 Å². The number of furan rings is 1. The molecule has 2 rings (SSSR count). The molecule has 0 aliphatic heterocycles. The summed E-state index contributed by atoms with van der Waals surface area (Å²) < 4.78 is 6.35. The minimum Gasteiger partial charge on any atom is -0.460 e. The van der Waals surface area contributed by atoms with Crippen LogP contribution in [0.4, 0.5) is 5.82 Å². The minimum atomic E-state index is 0.553. The third-order valence-electron chi connectivity index (χ3n) is 2.77. The second kappa shape index (κ2) is 6.88. The predicted molar refractivity (Wildman–Crippen MR) is 84.8 cm³/mol. The fourth-order valence-electron chi connectivity index (χ4n) is 1.92. The zero-order chi connectivity index (χ0) is 14.5. The Morgan fingerprint density at radius 2 is 2.15 bits per heavy atom. The molecular formula is C15H20BrN3O. The van der Waals surface area contributed by atoms with Crippen molar-refractivity contribution in [1.82, 2.24) is 9.97 Å². The zero-order valence-electron chi connectivity index (χ0n) is 12.1. The molecule has 2 aromatic rings. The SMILES string of the molecule is CCCNc1cc(CC(C)C)nc(-c2occc2Br)n1. The van der Waals surface area contributed by atoms with E-state index in [0.29, 0.717) is 17.5 Å². The Morgan fingerprint density at radius 3 is 2.75 bits per heavy atom. The lowest BCUT2D eigenvalue weighted by Crippen LogP contribution is -2.07. The van der Waals surface area contributed by atoms with Crippen molar-refractivity contribution in [3.8, 4) is 11.6 Å². The van der Waals surface area contributed by atoms with Gasteiger partial charge < -0.3 is 9.73 Å². The van der Waals surface area contributed by atoms with E-state index in [-0.39, 0.29) is 0 Å². The lowest BCUT2D eigenvalue weighted by Gasteiger charge is -2.10. The molecule has 0 radical (unpaired) electrons. The molecule has 0 aromatic carbocycles. The molecule has 0 fully saturated rings. The fraction of sp³-hybridized carbons (Fsp3) is 0.467. The van der Waals surface area contributed by atoms with E-state index in [2.05, 4.69) is 52.0 Å². The summed E-state index contributed by atoms with van der Waals surface area (Å²) in [5.74, 6) is 2.71.